The molecular weight excluding hydrogens is 410 g/mol. The number of hydrogen-bond acceptors (Lipinski definition) is 4. The number of nitrogens with two attached hydrogens (primary N) is 2. The normalized spacial score (nSPS) is 13.7. The Morgan fingerprint density at radius 1 is 1.07 bits per heavy atom. The monoisotopic (exact) mass is 425 g/mol. The minimum Gasteiger partial charge on any atom is -0.353 e. The molecule has 7 heteroatoms. The minimum atomic E-state index is -2.49. The smallest absolute Gasteiger partial charge is 0.230 e. The Hall–Kier alpha value is 1.11. The molecule has 0 aromatic rings. The predicted octanol–water partition coefficient (Wildman–Crippen LogP) is 0.477. The third kappa shape index (κ3) is 3.05. The van der Waals surface area contributed by atoms with Crippen LogP contribution in [0.3, 0.4) is 0 Å². The van der Waals surface area contributed by atoms with Crippen LogP contribution in [0.15, 0.2) is 0 Å². The molecule has 4 nitrogen and oxygen atoms in total. The summed E-state index contributed by atoms with van der Waals surface area (Å²) in [4.78, 5) is 0. The molecule has 6 N–H and O–H groups in total. The van der Waals surface area contributed by atoms with Crippen LogP contribution in [0.4, 0.5) is 0 Å². The molecule has 0 aromatic carbocycles. The first-order valence-electron chi connectivity index (χ1n) is 4.02. The van der Waals surface area contributed by atoms with Gasteiger partial charge in [-0.1, -0.05) is 37.0 Å². The van der Waals surface area contributed by atoms with Crippen molar-refractivity contribution < 1.29 is 31.3 Å². The number of rotatable bonds is 4. The molecule has 0 heterocycles. The predicted molar refractivity (Wildman–Crippen MR) is 53.0 cm³/mol. The molecular formula is C7H16Cl2N2O2Pt. The summed E-state index contributed by atoms with van der Waals surface area (Å²) in [6.07, 6.45) is 0.521. The summed E-state index contributed by atoms with van der Waals surface area (Å²) < 4.78 is -1.78. The molecule has 14 heavy (non-hydrogen) atoms. The molecule has 0 spiro atoms. The van der Waals surface area contributed by atoms with Crippen molar-refractivity contribution in [3.05, 3.63) is 0 Å². The van der Waals surface area contributed by atoms with Gasteiger partial charge in [0, 0.05) is 21.1 Å². The summed E-state index contributed by atoms with van der Waals surface area (Å²) in [6.45, 7) is 3.37. The molecule has 0 rings (SSSR count). The van der Waals surface area contributed by atoms with E-state index in [4.69, 9.17) is 34.7 Å². The Morgan fingerprint density at radius 3 is 1.36 bits per heavy atom. The average molecular weight is 426 g/mol. The van der Waals surface area contributed by atoms with Crippen LogP contribution in [0, 0.1) is 5.41 Å². The maximum atomic E-state index is 9.35. The largest absolute Gasteiger partial charge is 0.353 e. The SMILES string of the molecule is CCC(CC)(C(N)(O)O)C(N)(Cl)Cl.[Pt]. The van der Waals surface area contributed by atoms with E-state index in [9.17, 15) is 10.2 Å². The molecule has 0 fully saturated rings. The first-order valence-corrected chi connectivity index (χ1v) is 4.78. The number of halogens is 2. The van der Waals surface area contributed by atoms with Crippen molar-refractivity contribution in [2.75, 3.05) is 0 Å². The van der Waals surface area contributed by atoms with Crippen LogP contribution in [0.25, 0.3) is 0 Å². The zero-order chi connectivity index (χ0) is 10.9. The van der Waals surface area contributed by atoms with Crippen LogP contribution < -0.4 is 11.5 Å². The fraction of sp³-hybridized carbons (Fsp3) is 1.00. The van der Waals surface area contributed by atoms with Crippen LogP contribution in [-0.4, -0.2) is 20.6 Å². The van der Waals surface area contributed by atoms with Gasteiger partial charge in [0.1, 0.15) is 0 Å². The number of aliphatic hydroxyl groups is 2. The maximum absolute atomic E-state index is 9.35. The molecule has 0 saturated heterocycles. The molecule has 0 aliphatic rings. The summed E-state index contributed by atoms with van der Waals surface area (Å²) >= 11 is 11.4. The van der Waals surface area contributed by atoms with E-state index in [1.807, 2.05) is 0 Å². The second kappa shape index (κ2) is 5.44. The number of alkyl halides is 2. The van der Waals surface area contributed by atoms with Crippen LogP contribution in [0.5, 0.6) is 0 Å². The van der Waals surface area contributed by atoms with Gasteiger partial charge in [0.05, 0.1) is 5.41 Å². The van der Waals surface area contributed by atoms with Crippen molar-refractivity contribution in [3.63, 3.8) is 0 Å². The van der Waals surface area contributed by atoms with Gasteiger partial charge in [0.25, 0.3) is 0 Å². The zero-order valence-corrected chi connectivity index (χ0v) is 11.8. The van der Waals surface area contributed by atoms with E-state index in [2.05, 4.69) is 0 Å². The molecule has 0 aliphatic carbocycles. The second-order valence-electron chi connectivity index (χ2n) is 3.14. The summed E-state index contributed by atoms with van der Waals surface area (Å²) in [5, 5.41) is 18.7. The van der Waals surface area contributed by atoms with Gasteiger partial charge in [-0.05, 0) is 12.8 Å². The molecule has 0 aromatic heterocycles. The standard InChI is InChI=1S/C7H16Cl2N2O2.Pt/c1-3-5(4-2,6(8,9)10)7(11,12)13;/h12-13H,3-4,10-11H2,1-2H3;. The van der Waals surface area contributed by atoms with E-state index in [1.165, 1.54) is 0 Å². The van der Waals surface area contributed by atoms with Gasteiger partial charge in [-0.25, -0.2) is 0 Å². The summed E-state index contributed by atoms with van der Waals surface area (Å²) in [5.41, 5.74) is 9.29. The molecule has 0 radical (unpaired) electrons. The summed E-state index contributed by atoms with van der Waals surface area (Å²) in [7, 11) is 0. The molecule has 0 amide bonds. The van der Waals surface area contributed by atoms with Crippen molar-refractivity contribution >= 4 is 23.2 Å². The molecule has 90 valence electrons. The van der Waals surface area contributed by atoms with Gasteiger partial charge in [0.2, 0.25) is 5.91 Å². The first-order chi connectivity index (χ1) is 5.62. The third-order valence-corrected chi connectivity index (χ3v) is 3.27. The van der Waals surface area contributed by atoms with Crippen molar-refractivity contribution in [3.8, 4) is 0 Å². The van der Waals surface area contributed by atoms with Gasteiger partial charge < -0.3 is 10.2 Å². The van der Waals surface area contributed by atoms with Crippen molar-refractivity contribution in [2.24, 2.45) is 16.9 Å². The van der Waals surface area contributed by atoms with Crippen LogP contribution in [0.1, 0.15) is 26.7 Å². The van der Waals surface area contributed by atoms with Crippen molar-refractivity contribution in [2.45, 2.75) is 37.1 Å². The zero-order valence-electron chi connectivity index (χ0n) is 8.04. The van der Waals surface area contributed by atoms with Gasteiger partial charge in [-0.15, -0.1) is 0 Å². The minimum absolute atomic E-state index is 0. The third-order valence-electron chi connectivity index (χ3n) is 2.55. The molecule has 0 atom stereocenters. The van der Waals surface area contributed by atoms with Gasteiger partial charge in [-0.2, -0.15) is 0 Å². The van der Waals surface area contributed by atoms with Crippen LogP contribution >= 0.6 is 23.2 Å². The Bertz CT molecular complexity index is 160. The Labute approximate surface area is 108 Å². The summed E-state index contributed by atoms with van der Waals surface area (Å²) in [5.74, 6) is -2.49. The Kier molecular flexibility index (Phi) is 6.80. The molecule has 0 bridgehead atoms. The van der Waals surface area contributed by atoms with E-state index in [0.717, 1.165) is 0 Å². The van der Waals surface area contributed by atoms with Gasteiger partial charge in [-0.3, -0.25) is 11.5 Å². The maximum Gasteiger partial charge on any atom is 0.230 e. The first kappa shape index (κ1) is 17.5. The second-order valence-corrected chi connectivity index (χ2v) is 4.52. The molecule has 0 saturated carbocycles. The topological polar surface area (TPSA) is 92.5 Å². The molecule has 0 unspecified atom stereocenters. The van der Waals surface area contributed by atoms with Gasteiger partial charge >= 0.3 is 0 Å². The average Bonchev–Trinajstić information content (AvgIpc) is 1.84. The van der Waals surface area contributed by atoms with Crippen LogP contribution in [-0.2, 0) is 21.1 Å². The van der Waals surface area contributed by atoms with E-state index in [-0.39, 0.29) is 33.9 Å². The van der Waals surface area contributed by atoms with Crippen molar-refractivity contribution in [1.82, 2.24) is 0 Å². The summed E-state index contributed by atoms with van der Waals surface area (Å²) in [6, 6.07) is 0. The van der Waals surface area contributed by atoms with Crippen molar-refractivity contribution in [1.29, 1.82) is 0 Å². The fourth-order valence-electron chi connectivity index (χ4n) is 1.49. The Balaban J connectivity index is 0. The fourth-order valence-corrected chi connectivity index (χ4v) is 2.30. The van der Waals surface area contributed by atoms with E-state index in [1.54, 1.807) is 13.8 Å². The quantitative estimate of drug-likeness (QED) is 0.299. The van der Waals surface area contributed by atoms with E-state index in [0.29, 0.717) is 0 Å². The van der Waals surface area contributed by atoms with Gasteiger partial charge in [0.15, 0.2) is 4.46 Å². The Morgan fingerprint density at radius 2 is 1.36 bits per heavy atom. The molecule has 0 aliphatic heterocycles. The van der Waals surface area contributed by atoms with E-state index >= 15 is 0 Å². The number of hydrogen-bond donors (Lipinski definition) is 4. The van der Waals surface area contributed by atoms with Crippen LogP contribution in [0.2, 0.25) is 0 Å². The van der Waals surface area contributed by atoms with E-state index < -0.39 is 15.8 Å².